The van der Waals surface area contributed by atoms with Crippen LogP contribution in [0.2, 0.25) is 0 Å². The molecule has 0 saturated heterocycles. The molecule has 6 rings (SSSR count). The Morgan fingerprint density at radius 3 is 2.51 bits per heavy atom. The standard InChI is InChI=1S/C27H16F3NO4/c1-31-12-14(15-4-2-3-5-20(15)31)10-22-26(33)16-6-7-21-24(27(16)35-22)17(11-23(32)34-21)13-8-18(28)25(30)19(29)9-13/h2-10,12,17H,11H2,1H3/b22-10-. The van der Waals surface area contributed by atoms with E-state index in [0.29, 0.717) is 5.56 Å². The van der Waals surface area contributed by atoms with Crippen LogP contribution in [-0.4, -0.2) is 16.3 Å². The first-order valence-electron chi connectivity index (χ1n) is 10.8. The van der Waals surface area contributed by atoms with Crippen molar-refractivity contribution in [2.45, 2.75) is 12.3 Å². The highest BCUT2D eigenvalue weighted by Gasteiger charge is 2.39. The molecule has 8 heteroatoms. The summed E-state index contributed by atoms with van der Waals surface area (Å²) in [6.45, 7) is 0. The van der Waals surface area contributed by atoms with Crippen LogP contribution in [0.3, 0.4) is 0 Å². The van der Waals surface area contributed by atoms with Crippen LogP contribution in [0.4, 0.5) is 13.2 Å². The van der Waals surface area contributed by atoms with Crippen molar-refractivity contribution in [2.24, 2.45) is 7.05 Å². The summed E-state index contributed by atoms with van der Waals surface area (Å²) >= 11 is 0. The summed E-state index contributed by atoms with van der Waals surface area (Å²) in [5.74, 6) is -5.89. The van der Waals surface area contributed by atoms with E-state index >= 15 is 0 Å². The van der Waals surface area contributed by atoms with Crippen molar-refractivity contribution in [1.29, 1.82) is 0 Å². The Labute approximate surface area is 197 Å². The van der Waals surface area contributed by atoms with Crippen molar-refractivity contribution in [3.05, 3.63) is 100 Å². The van der Waals surface area contributed by atoms with Crippen LogP contribution in [0.1, 0.15) is 39.4 Å². The van der Waals surface area contributed by atoms with Gasteiger partial charge in [0, 0.05) is 41.2 Å². The Bertz CT molecular complexity index is 1600. The normalized spacial score (nSPS) is 17.9. The lowest BCUT2D eigenvalue weighted by molar-refractivity contribution is -0.135. The molecular formula is C27H16F3NO4. The Hall–Kier alpha value is -4.33. The van der Waals surface area contributed by atoms with E-state index in [4.69, 9.17) is 9.47 Å². The molecule has 1 unspecified atom stereocenters. The Morgan fingerprint density at radius 1 is 1.00 bits per heavy atom. The predicted octanol–water partition coefficient (Wildman–Crippen LogP) is 5.65. The van der Waals surface area contributed by atoms with Gasteiger partial charge in [-0.15, -0.1) is 0 Å². The number of nitrogens with zero attached hydrogens (tertiary/aromatic N) is 1. The number of hydrogen-bond donors (Lipinski definition) is 0. The molecule has 1 atom stereocenters. The van der Waals surface area contributed by atoms with Crippen molar-refractivity contribution in [2.75, 3.05) is 0 Å². The number of carbonyl (C=O) groups excluding carboxylic acids is 2. The molecule has 0 bridgehead atoms. The van der Waals surface area contributed by atoms with Crippen LogP contribution in [0.15, 0.2) is 60.5 Å². The van der Waals surface area contributed by atoms with Crippen LogP contribution in [0.25, 0.3) is 17.0 Å². The van der Waals surface area contributed by atoms with Crippen LogP contribution in [-0.2, 0) is 11.8 Å². The molecule has 35 heavy (non-hydrogen) atoms. The van der Waals surface area contributed by atoms with Crippen molar-refractivity contribution >= 4 is 28.7 Å². The summed E-state index contributed by atoms with van der Waals surface area (Å²) in [7, 11) is 1.90. The van der Waals surface area contributed by atoms with E-state index in [-0.39, 0.29) is 40.6 Å². The fourth-order valence-corrected chi connectivity index (χ4v) is 4.80. The minimum atomic E-state index is -1.60. The highest BCUT2D eigenvalue weighted by Crippen LogP contribution is 2.49. The average molecular weight is 475 g/mol. The molecule has 0 amide bonds. The van der Waals surface area contributed by atoms with Crippen molar-refractivity contribution in [1.82, 2.24) is 4.57 Å². The lowest BCUT2D eigenvalue weighted by Gasteiger charge is -2.26. The summed E-state index contributed by atoms with van der Waals surface area (Å²) in [6.07, 6.45) is 3.26. The maximum Gasteiger partial charge on any atom is 0.312 e. The van der Waals surface area contributed by atoms with Crippen LogP contribution in [0.5, 0.6) is 11.5 Å². The van der Waals surface area contributed by atoms with Crippen LogP contribution < -0.4 is 9.47 Å². The van der Waals surface area contributed by atoms with E-state index in [1.807, 2.05) is 42.1 Å². The maximum absolute atomic E-state index is 14.0. The zero-order chi connectivity index (χ0) is 24.4. The molecule has 2 aliphatic rings. The summed E-state index contributed by atoms with van der Waals surface area (Å²) in [5.41, 5.74) is 2.34. The Kier molecular flexibility index (Phi) is 4.60. The largest absolute Gasteiger partial charge is 0.452 e. The quantitative estimate of drug-likeness (QED) is 0.163. The van der Waals surface area contributed by atoms with Gasteiger partial charge in [-0.2, -0.15) is 0 Å². The van der Waals surface area contributed by atoms with Gasteiger partial charge in [-0.25, -0.2) is 13.2 Å². The second-order valence-corrected chi connectivity index (χ2v) is 8.54. The van der Waals surface area contributed by atoms with Crippen LogP contribution in [0, 0.1) is 17.5 Å². The van der Waals surface area contributed by atoms with Crippen molar-refractivity contribution < 1.29 is 32.2 Å². The third-order valence-corrected chi connectivity index (χ3v) is 6.40. The van der Waals surface area contributed by atoms with E-state index in [1.165, 1.54) is 12.1 Å². The van der Waals surface area contributed by atoms with Gasteiger partial charge in [-0.05, 0) is 42.0 Å². The van der Waals surface area contributed by atoms with Gasteiger partial charge in [-0.3, -0.25) is 9.59 Å². The summed E-state index contributed by atoms with van der Waals surface area (Å²) in [4.78, 5) is 25.5. The summed E-state index contributed by atoms with van der Waals surface area (Å²) in [5, 5.41) is 0.931. The molecule has 0 saturated carbocycles. The van der Waals surface area contributed by atoms with Crippen molar-refractivity contribution in [3.63, 3.8) is 0 Å². The number of Topliss-reactive ketones (excluding diaryl/α,β-unsaturated/α-hetero) is 1. The lowest BCUT2D eigenvalue weighted by Crippen LogP contribution is -2.22. The molecular weight excluding hydrogens is 459 g/mol. The van der Waals surface area contributed by atoms with Gasteiger partial charge in [0.1, 0.15) is 11.5 Å². The average Bonchev–Trinajstić information content (AvgIpc) is 3.33. The minimum Gasteiger partial charge on any atom is -0.452 e. The number of fused-ring (bicyclic) bond motifs is 4. The molecule has 5 nitrogen and oxygen atoms in total. The van der Waals surface area contributed by atoms with Gasteiger partial charge < -0.3 is 14.0 Å². The van der Waals surface area contributed by atoms with E-state index in [1.54, 1.807) is 6.08 Å². The molecule has 0 spiro atoms. The number of benzene rings is 3. The van der Waals surface area contributed by atoms with Gasteiger partial charge in [0.25, 0.3) is 0 Å². The zero-order valence-electron chi connectivity index (χ0n) is 18.3. The molecule has 1 aromatic heterocycles. The van der Waals surface area contributed by atoms with E-state index in [0.717, 1.165) is 28.6 Å². The third-order valence-electron chi connectivity index (χ3n) is 6.40. The number of rotatable bonds is 2. The summed E-state index contributed by atoms with van der Waals surface area (Å²) in [6, 6.07) is 12.3. The van der Waals surface area contributed by atoms with Gasteiger partial charge >= 0.3 is 5.97 Å². The molecule has 4 aromatic rings. The molecule has 2 aliphatic heterocycles. The maximum atomic E-state index is 14.0. The van der Waals surface area contributed by atoms with E-state index in [2.05, 4.69) is 0 Å². The smallest absolute Gasteiger partial charge is 0.312 e. The number of carbonyl (C=O) groups is 2. The topological polar surface area (TPSA) is 57.5 Å². The molecule has 0 N–H and O–H groups in total. The van der Waals surface area contributed by atoms with Gasteiger partial charge in [0.2, 0.25) is 5.78 Å². The number of aromatic nitrogens is 1. The second kappa shape index (κ2) is 7.59. The highest BCUT2D eigenvalue weighted by atomic mass is 19.2. The number of hydrogen-bond acceptors (Lipinski definition) is 4. The first kappa shape index (κ1) is 21.2. The first-order chi connectivity index (χ1) is 16.8. The molecule has 3 aromatic carbocycles. The lowest BCUT2D eigenvalue weighted by atomic mass is 9.84. The fourth-order valence-electron chi connectivity index (χ4n) is 4.80. The number of para-hydroxylation sites is 1. The Balaban J connectivity index is 1.48. The van der Waals surface area contributed by atoms with E-state index < -0.39 is 29.3 Å². The molecule has 0 aliphatic carbocycles. The SMILES string of the molecule is Cn1cc(/C=C2\Oc3c(ccc4c3C(c3cc(F)c(F)c(F)c3)CC(=O)O4)C2=O)c2ccccc21. The summed E-state index contributed by atoms with van der Waals surface area (Å²) < 4.78 is 54.9. The molecule has 0 fully saturated rings. The minimum absolute atomic E-state index is 0.0373. The monoisotopic (exact) mass is 475 g/mol. The Morgan fingerprint density at radius 2 is 1.74 bits per heavy atom. The number of ketones is 1. The van der Waals surface area contributed by atoms with Gasteiger partial charge in [-0.1, -0.05) is 18.2 Å². The van der Waals surface area contributed by atoms with Gasteiger partial charge in [0.15, 0.2) is 23.2 Å². The number of halogens is 3. The second-order valence-electron chi connectivity index (χ2n) is 8.54. The third kappa shape index (κ3) is 3.24. The first-order valence-corrected chi connectivity index (χ1v) is 10.8. The number of esters is 1. The number of allylic oxidation sites excluding steroid dienone is 1. The van der Waals surface area contributed by atoms with E-state index in [9.17, 15) is 22.8 Å². The molecule has 0 radical (unpaired) electrons. The van der Waals surface area contributed by atoms with Crippen molar-refractivity contribution in [3.8, 4) is 11.5 Å². The molecule has 3 heterocycles. The predicted molar refractivity (Wildman–Crippen MR) is 121 cm³/mol. The van der Waals surface area contributed by atoms with Crippen LogP contribution >= 0.6 is 0 Å². The number of ether oxygens (including phenoxy) is 2. The zero-order valence-corrected chi connectivity index (χ0v) is 18.3. The highest BCUT2D eigenvalue weighted by molar-refractivity contribution is 6.15. The molecule has 174 valence electrons. The fraction of sp³-hybridized carbons (Fsp3) is 0.111. The number of aryl methyl sites for hydroxylation is 1. The van der Waals surface area contributed by atoms with Gasteiger partial charge in [0.05, 0.1) is 12.0 Å².